The highest BCUT2D eigenvalue weighted by molar-refractivity contribution is 7.89. The molecule has 0 bridgehead atoms. The molecule has 9 heteroatoms. The number of aromatic nitrogens is 4. The van der Waals surface area contributed by atoms with Gasteiger partial charge in [-0.2, -0.15) is 4.31 Å². The molecule has 0 N–H and O–H groups in total. The van der Waals surface area contributed by atoms with Gasteiger partial charge in [-0.05, 0) is 40.8 Å². The summed E-state index contributed by atoms with van der Waals surface area (Å²) in [5.74, 6) is 0. The Morgan fingerprint density at radius 3 is 2.35 bits per heavy atom. The van der Waals surface area contributed by atoms with Gasteiger partial charge in [-0.15, -0.1) is 0 Å². The molecule has 1 unspecified atom stereocenters. The number of aryl methyl sites for hydroxylation is 2. The molecule has 2 aromatic heterocycles. The van der Waals surface area contributed by atoms with Gasteiger partial charge in [0.25, 0.3) is 10.0 Å². The average Bonchev–Trinajstić information content (AvgIpc) is 3.60. The van der Waals surface area contributed by atoms with E-state index in [1.165, 1.54) is 6.33 Å². The van der Waals surface area contributed by atoms with E-state index in [0.717, 1.165) is 33.6 Å². The van der Waals surface area contributed by atoms with Gasteiger partial charge in [0.1, 0.15) is 0 Å². The van der Waals surface area contributed by atoms with Crippen LogP contribution in [-0.4, -0.2) is 44.4 Å². The lowest BCUT2D eigenvalue weighted by atomic mass is 9.93. The molecular formula is C31H32N6O2S. The molecule has 6 rings (SSSR count). The molecule has 1 aliphatic heterocycles. The average molecular weight is 553 g/mol. The van der Waals surface area contributed by atoms with Crippen molar-refractivity contribution in [3.05, 3.63) is 121 Å². The van der Waals surface area contributed by atoms with Gasteiger partial charge in [-0.25, -0.2) is 18.4 Å². The molecule has 0 saturated carbocycles. The number of sulfonamides is 1. The number of hydrogen-bond donors (Lipinski definition) is 0. The zero-order valence-electron chi connectivity index (χ0n) is 22.6. The van der Waals surface area contributed by atoms with Crippen molar-refractivity contribution in [3.63, 3.8) is 0 Å². The second-order valence-corrected chi connectivity index (χ2v) is 12.2. The smallest absolute Gasteiger partial charge is 0.262 e. The molecule has 0 fully saturated rings. The number of rotatable bonds is 8. The molecule has 0 saturated heterocycles. The molecule has 3 aromatic carbocycles. The molecule has 0 spiro atoms. The highest BCUT2D eigenvalue weighted by atomic mass is 32.2. The lowest BCUT2D eigenvalue weighted by Gasteiger charge is -2.40. The van der Waals surface area contributed by atoms with Crippen LogP contribution < -0.4 is 4.90 Å². The van der Waals surface area contributed by atoms with Crippen LogP contribution in [0.15, 0.2) is 109 Å². The Hall–Kier alpha value is -4.21. The number of benzene rings is 3. The lowest BCUT2D eigenvalue weighted by molar-refractivity contribution is 0.301. The Morgan fingerprint density at radius 2 is 1.68 bits per heavy atom. The Balaban J connectivity index is 1.44. The minimum atomic E-state index is -3.88. The van der Waals surface area contributed by atoms with Crippen molar-refractivity contribution in [1.29, 1.82) is 0 Å². The zero-order chi connectivity index (χ0) is 27.7. The van der Waals surface area contributed by atoms with Gasteiger partial charge in [0.15, 0.2) is 5.03 Å². The van der Waals surface area contributed by atoms with E-state index < -0.39 is 10.0 Å². The molecular weight excluding hydrogens is 520 g/mol. The lowest BCUT2D eigenvalue weighted by Crippen LogP contribution is -2.50. The standard InChI is InChI=1S/C31H32N6O2S/c1-34-21-31(33-23-34)40(38,39)37(18-24-9-5-3-6-10-24)28-16-27-15-26(25-11-7-4-8-12-25)13-14-30(27)36(19-28)20-29-17-32-22-35(29)2/h3-15,17,21-23,28H,16,18-20H2,1-2H3. The normalized spacial score (nSPS) is 15.4. The van der Waals surface area contributed by atoms with E-state index >= 15 is 0 Å². The molecule has 0 radical (unpaired) electrons. The van der Waals surface area contributed by atoms with Crippen LogP contribution in [0.25, 0.3) is 11.1 Å². The molecule has 3 heterocycles. The van der Waals surface area contributed by atoms with Crippen LogP contribution in [0.5, 0.6) is 0 Å². The monoisotopic (exact) mass is 552 g/mol. The first-order valence-electron chi connectivity index (χ1n) is 13.3. The minimum absolute atomic E-state index is 0.0629. The van der Waals surface area contributed by atoms with Crippen LogP contribution in [0.4, 0.5) is 5.69 Å². The van der Waals surface area contributed by atoms with E-state index in [4.69, 9.17) is 0 Å². The first kappa shape index (κ1) is 26.0. The second kappa shape index (κ2) is 10.7. The highest BCUT2D eigenvalue weighted by Gasteiger charge is 2.37. The van der Waals surface area contributed by atoms with Crippen molar-refractivity contribution in [3.8, 4) is 11.1 Å². The molecule has 5 aromatic rings. The Kier molecular flexibility index (Phi) is 7.00. The molecule has 0 amide bonds. The topological polar surface area (TPSA) is 76.3 Å². The summed E-state index contributed by atoms with van der Waals surface area (Å²) in [5.41, 5.74) is 6.47. The maximum absolute atomic E-state index is 14.1. The maximum atomic E-state index is 14.1. The number of fused-ring (bicyclic) bond motifs is 1. The molecule has 1 atom stereocenters. The Morgan fingerprint density at radius 1 is 0.925 bits per heavy atom. The number of hydrogen-bond acceptors (Lipinski definition) is 5. The number of nitrogens with zero attached hydrogens (tertiary/aromatic N) is 6. The summed E-state index contributed by atoms with van der Waals surface area (Å²) in [6.07, 6.45) is 7.36. The summed E-state index contributed by atoms with van der Waals surface area (Å²) in [7, 11) is -0.114. The van der Waals surface area contributed by atoms with E-state index in [1.54, 1.807) is 28.4 Å². The Bertz CT molecular complexity index is 1710. The predicted octanol–water partition coefficient (Wildman–Crippen LogP) is 4.64. The van der Waals surface area contributed by atoms with E-state index in [1.807, 2.05) is 66.3 Å². The fourth-order valence-corrected chi connectivity index (χ4v) is 7.00. The number of imidazole rings is 2. The van der Waals surface area contributed by atoms with E-state index in [0.29, 0.717) is 19.5 Å². The summed E-state index contributed by atoms with van der Waals surface area (Å²) < 4.78 is 33.6. The Labute approximate surface area is 235 Å². The molecule has 1 aliphatic rings. The highest BCUT2D eigenvalue weighted by Crippen LogP contribution is 2.35. The van der Waals surface area contributed by atoms with Gasteiger partial charge >= 0.3 is 0 Å². The predicted molar refractivity (Wildman–Crippen MR) is 156 cm³/mol. The summed E-state index contributed by atoms with van der Waals surface area (Å²) in [5, 5.41) is 0.0629. The summed E-state index contributed by atoms with van der Waals surface area (Å²) >= 11 is 0. The maximum Gasteiger partial charge on any atom is 0.262 e. The van der Waals surface area contributed by atoms with Gasteiger partial charge < -0.3 is 14.0 Å². The third kappa shape index (κ3) is 5.17. The van der Waals surface area contributed by atoms with E-state index in [9.17, 15) is 8.42 Å². The summed E-state index contributed by atoms with van der Waals surface area (Å²) in [4.78, 5) is 10.8. The van der Waals surface area contributed by atoms with E-state index in [2.05, 4.69) is 45.2 Å². The summed E-state index contributed by atoms with van der Waals surface area (Å²) in [6.45, 7) is 1.42. The van der Waals surface area contributed by atoms with Crippen molar-refractivity contribution in [2.24, 2.45) is 14.1 Å². The van der Waals surface area contributed by atoms with Crippen LogP contribution in [0.2, 0.25) is 0 Å². The first-order chi connectivity index (χ1) is 19.4. The third-order valence-electron chi connectivity index (χ3n) is 7.53. The fraction of sp³-hybridized carbons (Fsp3) is 0.226. The summed E-state index contributed by atoms with van der Waals surface area (Å²) in [6, 6.07) is 26.3. The minimum Gasteiger partial charge on any atom is -0.364 e. The van der Waals surface area contributed by atoms with Crippen molar-refractivity contribution in [1.82, 2.24) is 23.4 Å². The second-order valence-electron chi connectivity index (χ2n) is 10.4. The van der Waals surface area contributed by atoms with Crippen LogP contribution >= 0.6 is 0 Å². The van der Waals surface area contributed by atoms with Crippen molar-refractivity contribution < 1.29 is 8.42 Å². The van der Waals surface area contributed by atoms with Gasteiger partial charge in [-0.3, -0.25) is 0 Å². The molecule has 40 heavy (non-hydrogen) atoms. The van der Waals surface area contributed by atoms with Gasteiger partial charge in [0.2, 0.25) is 0 Å². The largest absolute Gasteiger partial charge is 0.364 e. The van der Waals surface area contributed by atoms with Crippen molar-refractivity contribution in [2.75, 3.05) is 11.4 Å². The van der Waals surface area contributed by atoms with E-state index in [-0.39, 0.29) is 17.6 Å². The zero-order valence-corrected chi connectivity index (χ0v) is 23.4. The van der Waals surface area contributed by atoms with Crippen molar-refractivity contribution >= 4 is 15.7 Å². The van der Waals surface area contributed by atoms with Crippen LogP contribution in [0.3, 0.4) is 0 Å². The number of anilines is 1. The fourth-order valence-electron chi connectivity index (χ4n) is 5.43. The van der Waals surface area contributed by atoms with Crippen LogP contribution in [0, 0.1) is 0 Å². The van der Waals surface area contributed by atoms with Crippen LogP contribution in [0.1, 0.15) is 16.8 Å². The third-order valence-corrected chi connectivity index (χ3v) is 9.31. The van der Waals surface area contributed by atoms with Gasteiger partial charge in [0, 0.05) is 51.3 Å². The van der Waals surface area contributed by atoms with Gasteiger partial charge in [0.05, 0.1) is 24.9 Å². The SMILES string of the molecule is Cn1cnc(S(=O)(=O)N(Cc2ccccc2)C2Cc3cc(-c4ccccc4)ccc3N(Cc3cncn3C)C2)c1. The van der Waals surface area contributed by atoms with Gasteiger partial charge in [-0.1, -0.05) is 66.7 Å². The molecule has 0 aliphatic carbocycles. The van der Waals surface area contributed by atoms with Crippen LogP contribution in [-0.2, 0) is 43.6 Å². The quantitative estimate of drug-likeness (QED) is 0.280. The van der Waals surface area contributed by atoms with Crippen molar-refractivity contribution in [2.45, 2.75) is 30.6 Å². The molecule has 204 valence electrons. The first-order valence-corrected chi connectivity index (χ1v) is 14.7. The molecule has 8 nitrogen and oxygen atoms in total.